The van der Waals surface area contributed by atoms with E-state index in [9.17, 15) is 18.8 Å². The highest BCUT2D eigenvalue weighted by Crippen LogP contribution is 2.28. The average molecular weight is 514 g/mol. The summed E-state index contributed by atoms with van der Waals surface area (Å²) in [6.45, 7) is 0. The van der Waals surface area contributed by atoms with Gasteiger partial charge >= 0.3 is 5.97 Å². The van der Waals surface area contributed by atoms with Crippen molar-refractivity contribution in [2.45, 2.75) is 41.6 Å². The standard InChI is InChI=1S/C27H25ClFNO4S/c28-18-17-24(27(33)19-9-11-20(29)12-10-19)34-26(32)8-4-7-25(31)30-21-13-15-23(16-14-21)35-22-5-2-1-3-6-22/h1-3,5-6,9-16,24H,4,7-8,17-18H2,(H,30,31). The van der Waals surface area contributed by atoms with Gasteiger partial charge in [0, 0.05) is 46.2 Å². The van der Waals surface area contributed by atoms with Crippen molar-refractivity contribution in [1.29, 1.82) is 0 Å². The van der Waals surface area contributed by atoms with Crippen LogP contribution in [0.15, 0.2) is 88.7 Å². The summed E-state index contributed by atoms with van der Waals surface area (Å²) in [6, 6.07) is 22.5. The minimum absolute atomic E-state index is 0.0183. The van der Waals surface area contributed by atoms with Crippen molar-refractivity contribution in [3.8, 4) is 0 Å². The molecule has 1 amide bonds. The molecule has 3 rings (SSSR count). The third-order valence-electron chi connectivity index (χ3n) is 4.97. The second kappa shape index (κ2) is 13.7. The summed E-state index contributed by atoms with van der Waals surface area (Å²) in [7, 11) is 0. The van der Waals surface area contributed by atoms with Crippen molar-refractivity contribution in [2.75, 3.05) is 11.2 Å². The smallest absolute Gasteiger partial charge is 0.306 e. The van der Waals surface area contributed by atoms with Gasteiger partial charge in [-0.05, 0) is 67.1 Å². The van der Waals surface area contributed by atoms with Gasteiger partial charge in [0.05, 0.1) is 0 Å². The third kappa shape index (κ3) is 8.85. The lowest BCUT2D eigenvalue weighted by atomic mass is 10.0. The van der Waals surface area contributed by atoms with Crippen molar-refractivity contribution in [1.82, 2.24) is 0 Å². The first-order valence-corrected chi connectivity index (χ1v) is 12.5. The molecule has 3 aromatic rings. The topological polar surface area (TPSA) is 72.5 Å². The molecule has 0 spiro atoms. The number of carbonyl (C=O) groups excluding carboxylic acids is 3. The lowest BCUT2D eigenvalue weighted by molar-refractivity contribution is -0.147. The predicted molar refractivity (Wildman–Crippen MR) is 135 cm³/mol. The summed E-state index contributed by atoms with van der Waals surface area (Å²) in [6.07, 6.45) is -0.531. The molecule has 1 N–H and O–H groups in total. The van der Waals surface area contributed by atoms with Crippen molar-refractivity contribution < 1.29 is 23.5 Å². The molecule has 3 aromatic carbocycles. The average Bonchev–Trinajstić information content (AvgIpc) is 2.86. The van der Waals surface area contributed by atoms with Gasteiger partial charge in [0.15, 0.2) is 6.10 Å². The molecule has 0 fully saturated rings. The van der Waals surface area contributed by atoms with Crippen LogP contribution in [0.2, 0.25) is 0 Å². The Hall–Kier alpha value is -3.16. The third-order valence-corrected chi connectivity index (χ3v) is 6.20. The molecule has 1 unspecified atom stereocenters. The number of benzene rings is 3. The molecule has 35 heavy (non-hydrogen) atoms. The summed E-state index contributed by atoms with van der Waals surface area (Å²) >= 11 is 7.38. The predicted octanol–water partition coefficient (Wildman–Crippen LogP) is 6.51. The van der Waals surface area contributed by atoms with Crippen LogP contribution >= 0.6 is 23.4 Å². The van der Waals surface area contributed by atoms with Crippen LogP contribution < -0.4 is 5.32 Å². The highest BCUT2D eigenvalue weighted by Gasteiger charge is 2.24. The summed E-state index contributed by atoms with van der Waals surface area (Å²) in [5.74, 6) is -1.60. The number of alkyl halides is 1. The number of nitrogens with one attached hydrogen (secondary N) is 1. The lowest BCUT2D eigenvalue weighted by Gasteiger charge is -2.16. The molecule has 0 saturated carbocycles. The second-order valence-electron chi connectivity index (χ2n) is 7.67. The summed E-state index contributed by atoms with van der Waals surface area (Å²) < 4.78 is 18.4. The van der Waals surface area contributed by atoms with E-state index in [1.54, 1.807) is 11.8 Å². The van der Waals surface area contributed by atoms with E-state index < -0.39 is 23.7 Å². The number of anilines is 1. The number of ether oxygens (including phenoxy) is 1. The lowest BCUT2D eigenvalue weighted by Crippen LogP contribution is -2.28. The molecular formula is C27H25ClFNO4S. The highest BCUT2D eigenvalue weighted by molar-refractivity contribution is 7.99. The van der Waals surface area contributed by atoms with E-state index in [0.29, 0.717) is 5.69 Å². The van der Waals surface area contributed by atoms with Crippen LogP contribution in [0.3, 0.4) is 0 Å². The van der Waals surface area contributed by atoms with Gasteiger partial charge in [0.25, 0.3) is 0 Å². The number of amides is 1. The van der Waals surface area contributed by atoms with Gasteiger partial charge in [0.2, 0.25) is 11.7 Å². The number of carbonyl (C=O) groups is 3. The van der Waals surface area contributed by atoms with Crippen LogP contribution in [0, 0.1) is 5.82 Å². The minimum Gasteiger partial charge on any atom is -0.454 e. The molecule has 0 aliphatic heterocycles. The van der Waals surface area contributed by atoms with E-state index in [2.05, 4.69) is 5.32 Å². The monoisotopic (exact) mass is 513 g/mol. The fourth-order valence-electron chi connectivity index (χ4n) is 3.21. The molecule has 5 nitrogen and oxygen atoms in total. The molecular weight excluding hydrogens is 489 g/mol. The van der Waals surface area contributed by atoms with Crippen molar-refractivity contribution in [3.63, 3.8) is 0 Å². The maximum atomic E-state index is 13.1. The van der Waals surface area contributed by atoms with Crippen LogP contribution in [-0.4, -0.2) is 29.6 Å². The molecule has 0 heterocycles. The zero-order valence-corrected chi connectivity index (χ0v) is 20.5. The Labute approximate surface area is 213 Å². The number of halogens is 2. The first-order chi connectivity index (χ1) is 16.9. The van der Waals surface area contributed by atoms with E-state index >= 15 is 0 Å². The Morgan fingerprint density at radius 1 is 0.886 bits per heavy atom. The molecule has 182 valence electrons. The number of ketones is 1. The maximum absolute atomic E-state index is 13.1. The normalized spacial score (nSPS) is 11.5. The Morgan fingerprint density at radius 3 is 2.20 bits per heavy atom. The first-order valence-electron chi connectivity index (χ1n) is 11.1. The second-order valence-corrected chi connectivity index (χ2v) is 9.19. The molecule has 0 bridgehead atoms. The molecule has 0 aromatic heterocycles. The van der Waals surface area contributed by atoms with E-state index in [4.69, 9.17) is 16.3 Å². The molecule has 1 atom stereocenters. The fourth-order valence-corrected chi connectivity index (χ4v) is 4.24. The summed E-state index contributed by atoms with van der Waals surface area (Å²) in [4.78, 5) is 39.2. The van der Waals surface area contributed by atoms with Crippen molar-refractivity contribution in [3.05, 3.63) is 90.2 Å². The molecule has 0 aliphatic carbocycles. The number of hydrogen-bond acceptors (Lipinski definition) is 5. The van der Waals surface area contributed by atoms with Crippen LogP contribution in [-0.2, 0) is 14.3 Å². The number of esters is 1. The molecule has 0 aliphatic rings. The number of Topliss-reactive ketones (excluding diaryl/α,β-unsaturated/α-hetero) is 1. The van der Waals surface area contributed by atoms with Gasteiger partial charge in [0.1, 0.15) is 5.82 Å². The fraction of sp³-hybridized carbons (Fsp3) is 0.222. The van der Waals surface area contributed by atoms with E-state index in [-0.39, 0.29) is 43.0 Å². The quantitative estimate of drug-likeness (QED) is 0.170. The van der Waals surface area contributed by atoms with Gasteiger partial charge in [-0.25, -0.2) is 4.39 Å². The van der Waals surface area contributed by atoms with Gasteiger partial charge in [-0.15, -0.1) is 11.6 Å². The van der Waals surface area contributed by atoms with Crippen LogP contribution in [0.4, 0.5) is 10.1 Å². The van der Waals surface area contributed by atoms with E-state index in [0.717, 1.165) is 9.79 Å². The molecule has 0 radical (unpaired) electrons. The first kappa shape index (κ1) is 26.4. The van der Waals surface area contributed by atoms with Crippen LogP contribution in [0.25, 0.3) is 0 Å². The Balaban J connectivity index is 1.42. The molecule has 0 saturated heterocycles. The molecule has 8 heteroatoms. The largest absolute Gasteiger partial charge is 0.454 e. The minimum atomic E-state index is -1.05. The zero-order chi connectivity index (χ0) is 25.0. The van der Waals surface area contributed by atoms with E-state index in [1.165, 1.54) is 24.3 Å². The Bertz CT molecular complexity index is 1120. The Kier molecular flexibility index (Phi) is 10.3. The van der Waals surface area contributed by atoms with E-state index in [1.807, 2.05) is 54.6 Å². The van der Waals surface area contributed by atoms with Gasteiger partial charge < -0.3 is 10.1 Å². The van der Waals surface area contributed by atoms with Gasteiger partial charge in [-0.2, -0.15) is 0 Å². The SMILES string of the molecule is O=C(CCCC(=O)OC(CCCl)C(=O)c1ccc(F)cc1)Nc1ccc(Sc2ccccc2)cc1. The van der Waals surface area contributed by atoms with Crippen LogP contribution in [0.1, 0.15) is 36.0 Å². The zero-order valence-electron chi connectivity index (χ0n) is 18.9. The summed E-state index contributed by atoms with van der Waals surface area (Å²) in [5.41, 5.74) is 0.906. The number of rotatable bonds is 12. The summed E-state index contributed by atoms with van der Waals surface area (Å²) in [5, 5.41) is 2.81. The maximum Gasteiger partial charge on any atom is 0.306 e. The van der Waals surface area contributed by atoms with Crippen molar-refractivity contribution in [2.24, 2.45) is 0 Å². The van der Waals surface area contributed by atoms with Crippen molar-refractivity contribution >= 4 is 46.7 Å². The Morgan fingerprint density at radius 2 is 1.54 bits per heavy atom. The van der Waals surface area contributed by atoms with Gasteiger partial charge in [-0.3, -0.25) is 14.4 Å². The number of hydrogen-bond donors (Lipinski definition) is 1. The van der Waals surface area contributed by atoms with Crippen LogP contribution in [0.5, 0.6) is 0 Å². The highest BCUT2D eigenvalue weighted by atomic mass is 35.5. The van der Waals surface area contributed by atoms with Gasteiger partial charge in [-0.1, -0.05) is 30.0 Å².